The van der Waals surface area contributed by atoms with E-state index in [1.54, 1.807) is 18.2 Å². The molecule has 2 aromatic rings. The Balaban J connectivity index is 2.03. The molecule has 2 heterocycles. The number of amides is 1. The first-order valence-electron chi connectivity index (χ1n) is 8.82. The molecule has 0 unspecified atom stereocenters. The van der Waals surface area contributed by atoms with Crippen LogP contribution in [0.3, 0.4) is 0 Å². The van der Waals surface area contributed by atoms with Crippen LogP contribution in [0, 0.1) is 13.8 Å². The lowest BCUT2D eigenvalue weighted by Gasteiger charge is -2.28. The minimum atomic E-state index is -4.66. The van der Waals surface area contributed by atoms with Gasteiger partial charge in [-0.15, -0.1) is 0 Å². The molecule has 1 amide bonds. The van der Waals surface area contributed by atoms with Gasteiger partial charge in [0.15, 0.2) is 0 Å². The summed E-state index contributed by atoms with van der Waals surface area (Å²) in [6.45, 7) is 3.20. The van der Waals surface area contributed by atoms with Gasteiger partial charge in [-0.3, -0.25) is 4.79 Å². The van der Waals surface area contributed by atoms with Gasteiger partial charge in [0.05, 0.1) is 11.3 Å². The fraction of sp³-hybridized carbons (Fsp3) is 0.368. The molecule has 156 valence electrons. The summed E-state index contributed by atoms with van der Waals surface area (Å²) in [7, 11) is -2.48. The molecule has 1 aromatic carbocycles. The van der Waals surface area contributed by atoms with Crippen LogP contribution in [-0.2, 0) is 21.0 Å². The lowest BCUT2D eigenvalue weighted by Crippen LogP contribution is -2.46. The number of anilines is 2. The maximum Gasteiger partial charge on any atom is 0.416 e. The number of likely N-dealkylation sites (N-methyl/N-ethyl adjacent to an activating group) is 1. The second-order valence-electron chi connectivity index (χ2n) is 7.01. The molecule has 1 aromatic heterocycles. The number of rotatable bonds is 3. The number of sulfonamides is 1. The Labute approximate surface area is 167 Å². The lowest BCUT2D eigenvalue weighted by molar-refractivity contribution is -0.137. The van der Waals surface area contributed by atoms with Gasteiger partial charge < -0.3 is 4.90 Å². The minimum absolute atomic E-state index is 0.00941. The monoisotopic (exact) mass is 427 g/mol. The highest BCUT2D eigenvalue weighted by Gasteiger charge is 2.44. The van der Waals surface area contributed by atoms with Crippen LogP contribution in [0.25, 0.3) is 0 Å². The standard InChI is InChI=1S/C19H20F3N3O3S/c1-12-5-4-6-15(9-12)24(3)18(26)16-7-8-29(27,28)25(16)17-11-14(19(20,21)22)10-13(2)23-17/h4-6,9-11,16H,7-8H2,1-3H3/t16-/m0/s1. The second-order valence-corrected chi connectivity index (χ2v) is 8.97. The molecule has 1 fully saturated rings. The molecule has 1 aliphatic rings. The van der Waals surface area contributed by atoms with E-state index in [2.05, 4.69) is 4.98 Å². The van der Waals surface area contributed by atoms with Crippen LogP contribution >= 0.6 is 0 Å². The number of alkyl halides is 3. The van der Waals surface area contributed by atoms with Gasteiger partial charge in [-0.1, -0.05) is 12.1 Å². The number of hydrogen-bond donors (Lipinski definition) is 0. The van der Waals surface area contributed by atoms with Crippen molar-refractivity contribution in [2.24, 2.45) is 0 Å². The Kier molecular flexibility index (Phi) is 5.33. The van der Waals surface area contributed by atoms with Crippen molar-refractivity contribution < 1.29 is 26.4 Å². The van der Waals surface area contributed by atoms with Crippen LogP contribution in [-0.4, -0.2) is 38.2 Å². The molecule has 0 spiro atoms. The third-order valence-corrected chi connectivity index (χ3v) is 6.52. The van der Waals surface area contributed by atoms with Crippen molar-refractivity contribution in [3.8, 4) is 0 Å². The van der Waals surface area contributed by atoms with Gasteiger partial charge in [0, 0.05) is 18.4 Å². The minimum Gasteiger partial charge on any atom is -0.314 e. The number of halogens is 3. The fourth-order valence-electron chi connectivity index (χ4n) is 3.31. The van der Waals surface area contributed by atoms with Crippen LogP contribution in [0.2, 0.25) is 0 Å². The average molecular weight is 427 g/mol. The van der Waals surface area contributed by atoms with Crippen molar-refractivity contribution in [3.05, 3.63) is 53.2 Å². The van der Waals surface area contributed by atoms with Crippen LogP contribution < -0.4 is 9.21 Å². The molecule has 1 atom stereocenters. The molecule has 3 rings (SSSR count). The molecule has 6 nitrogen and oxygen atoms in total. The first kappa shape index (κ1) is 21.1. The maximum absolute atomic E-state index is 13.2. The number of aryl methyl sites for hydroxylation is 2. The summed E-state index contributed by atoms with van der Waals surface area (Å²) in [6.07, 6.45) is -4.70. The van der Waals surface area contributed by atoms with Crippen molar-refractivity contribution in [1.82, 2.24) is 4.98 Å². The zero-order valence-electron chi connectivity index (χ0n) is 16.1. The Morgan fingerprint density at radius 1 is 1.21 bits per heavy atom. The second kappa shape index (κ2) is 7.33. The van der Waals surface area contributed by atoms with E-state index in [-0.39, 0.29) is 17.9 Å². The molecule has 0 saturated carbocycles. The van der Waals surface area contributed by atoms with Gasteiger partial charge in [-0.2, -0.15) is 13.2 Å². The molecule has 10 heteroatoms. The van der Waals surface area contributed by atoms with E-state index in [4.69, 9.17) is 0 Å². The Hall–Kier alpha value is -2.62. The topological polar surface area (TPSA) is 70.6 Å². The van der Waals surface area contributed by atoms with Gasteiger partial charge in [0.25, 0.3) is 5.91 Å². The predicted molar refractivity (Wildman–Crippen MR) is 103 cm³/mol. The molecule has 0 radical (unpaired) electrons. The molecular weight excluding hydrogens is 407 g/mol. The Bertz CT molecular complexity index is 1050. The van der Waals surface area contributed by atoms with Crippen molar-refractivity contribution in [1.29, 1.82) is 0 Å². The zero-order valence-corrected chi connectivity index (χ0v) is 16.9. The predicted octanol–water partition coefficient (Wildman–Crippen LogP) is 3.29. The highest BCUT2D eigenvalue weighted by atomic mass is 32.2. The van der Waals surface area contributed by atoms with E-state index in [9.17, 15) is 26.4 Å². The number of hydrogen-bond acceptors (Lipinski definition) is 4. The first-order valence-corrected chi connectivity index (χ1v) is 10.4. The summed E-state index contributed by atoms with van der Waals surface area (Å²) in [5.41, 5.74) is 0.469. The third kappa shape index (κ3) is 4.21. The van der Waals surface area contributed by atoms with Gasteiger partial charge >= 0.3 is 6.18 Å². The zero-order chi connectivity index (χ0) is 21.6. The van der Waals surface area contributed by atoms with Crippen LogP contribution in [0.1, 0.15) is 23.2 Å². The van der Waals surface area contributed by atoms with Crippen LogP contribution in [0.4, 0.5) is 24.7 Å². The summed E-state index contributed by atoms with van der Waals surface area (Å²) >= 11 is 0. The third-order valence-electron chi connectivity index (χ3n) is 4.73. The summed E-state index contributed by atoms with van der Waals surface area (Å²) in [5.74, 6) is -1.28. The van der Waals surface area contributed by atoms with E-state index >= 15 is 0 Å². The van der Waals surface area contributed by atoms with E-state index < -0.39 is 39.5 Å². The van der Waals surface area contributed by atoms with Crippen molar-refractivity contribution in [3.63, 3.8) is 0 Å². The number of benzene rings is 1. The van der Waals surface area contributed by atoms with E-state index in [0.29, 0.717) is 11.8 Å². The summed E-state index contributed by atoms with van der Waals surface area (Å²) in [4.78, 5) is 18.4. The molecule has 1 saturated heterocycles. The fourth-order valence-corrected chi connectivity index (χ4v) is 4.99. The molecule has 0 aliphatic carbocycles. The summed E-state index contributed by atoms with van der Waals surface area (Å²) in [6, 6.07) is 7.41. The molecule has 0 N–H and O–H groups in total. The molecule has 29 heavy (non-hydrogen) atoms. The van der Waals surface area contributed by atoms with Crippen molar-refractivity contribution in [2.75, 3.05) is 22.0 Å². The molecular formula is C19H20F3N3O3S. The molecule has 0 bridgehead atoms. The summed E-state index contributed by atoms with van der Waals surface area (Å²) in [5, 5.41) is 0. The smallest absolute Gasteiger partial charge is 0.314 e. The van der Waals surface area contributed by atoms with Gasteiger partial charge in [-0.05, 0) is 50.1 Å². The Morgan fingerprint density at radius 2 is 1.90 bits per heavy atom. The normalized spacial score (nSPS) is 18.7. The highest BCUT2D eigenvalue weighted by molar-refractivity contribution is 7.93. The number of carbonyl (C=O) groups is 1. The number of carbonyl (C=O) groups excluding carboxylic acids is 1. The number of pyridine rings is 1. The number of nitrogens with zero attached hydrogens (tertiary/aromatic N) is 3. The van der Waals surface area contributed by atoms with Crippen molar-refractivity contribution in [2.45, 2.75) is 32.5 Å². The maximum atomic E-state index is 13.2. The molecule has 1 aliphatic heterocycles. The SMILES string of the molecule is Cc1cccc(N(C)C(=O)[C@@H]2CCS(=O)(=O)N2c2cc(C(F)(F)F)cc(C)n2)c1. The first-order chi connectivity index (χ1) is 13.4. The van der Waals surface area contributed by atoms with Gasteiger partial charge in [-0.25, -0.2) is 17.7 Å². The van der Waals surface area contributed by atoms with Gasteiger partial charge in [0.1, 0.15) is 11.9 Å². The van der Waals surface area contributed by atoms with Crippen LogP contribution in [0.5, 0.6) is 0 Å². The summed E-state index contributed by atoms with van der Waals surface area (Å²) < 4.78 is 65.5. The Morgan fingerprint density at radius 3 is 2.52 bits per heavy atom. The largest absolute Gasteiger partial charge is 0.416 e. The van der Waals surface area contributed by atoms with Crippen LogP contribution in [0.15, 0.2) is 36.4 Å². The average Bonchev–Trinajstić information content (AvgIpc) is 2.94. The van der Waals surface area contributed by atoms with E-state index in [0.717, 1.165) is 15.9 Å². The van der Waals surface area contributed by atoms with E-state index in [1.807, 2.05) is 13.0 Å². The number of aromatic nitrogens is 1. The van der Waals surface area contributed by atoms with E-state index in [1.165, 1.54) is 18.9 Å². The van der Waals surface area contributed by atoms with Gasteiger partial charge in [0.2, 0.25) is 10.0 Å². The van der Waals surface area contributed by atoms with Crippen molar-refractivity contribution >= 4 is 27.4 Å². The highest BCUT2D eigenvalue weighted by Crippen LogP contribution is 2.35. The quantitative estimate of drug-likeness (QED) is 0.754. The lowest BCUT2D eigenvalue weighted by atomic mass is 10.1.